The van der Waals surface area contributed by atoms with E-state index in [4.69, 9.17) is 0 Å². The molecule has 4 heteroatoms. The molecule has 0 aliphatic heterocycles. The molecule has 2 aromatic rings. The highest BCUT2D eigenvalue weighted by molar-refractivity contribution is 5.59. The number of hydrogen-bond acceptors (Lipinski definition) is 3. The molecule has 0 radical (unpaired) electrons. The quantitative estimate of drug-likeness (QED) is 0.914. The average Bonchev–Trinajstić information content (AvgIpc) is 2.38. The van der Waals surface area contributed by atoms with Crippen LogP contribution in [0.5, 0.6) is 0 Å². The van der Waals surface area contributed by atoms with E-state index in [0.717, 1.165) is 5.56 Å². The third-order valence-electron chi connectivity index (χ3n) is 3.13. The van der Waals surface area contributed by atoms with Crippen LogP contribution in [0.2, 0.25) is 0 Å². The molecule has 0 saturated carbocycles. The van der Waals surface area contributed by atoms with Crippen LogP contribution in [0.1, 0.15) is 23.7 Å². The van der Waals surface area contributed by atoms with Gasteiger partial charge in [-0.1, -0.05) is 12.1 Å². The van der Waals surface area contributed by atoms with Crippen molar-refractivity contribution in [3.8, 4) is 11.4 Å². The lowest BCUT2D eigenvalue weighted by Crippen LogP contribution is -2.07. The molecule has 19 heavy (non-hydrogen) atoms. The average molecular weight is 259 g/mol. The molecule has 1 aromatic carbocycles. The Morgan fingerprint density at radius 1 is 1.11 bits per heavy atom. The smallest absolute Gasteiger partial charge is 0.186 e. The number of aromatic nitrogens is 2. The summed E-state index contributed by atoms with van der Waals surface area (Å²) in [4.78, 5) is 8.50. The van der Waals surface area contributed by atoms with E-state index in [2.05, 4.69) is 22.2 Å². The van der Waals surface area contributed by atoms with E-state index in [9.17, 15) is 4.39 Å². The first kappa shape index (κ1) is 13.5. The summed E-state index contributed by atoms with van der Waals surface area (Å²) in [5.74, 6) is 0.440. The zero-order valence-electron chi connectivity index (χ0n) is 11.7. The lowest BCUT2D eigenvalue weighted by molar-refractivity contribution is 0.606. The molecule has 100 valence electrons. The first-order valence-electron chi connectivity index (χ1n) is 6.38. The first-order valence-corrected chi connectivity index (χ1v) is 6.38. The molecular weight excluding hydrogens is 241 g/mol. The molecule has 0 atom stereocenters. The summed E-state index contributed by atoms with van der Waals surface area (Å²) < 4.78 is 13.8. The van der Waals surface area contributed by atoms with Crippen LogP contribution in [-0.2, 0) is 0 Å². The summed E-state index contributed by atoms with van der Waals surface area (Å²) in [5.41, 5.74) is 3.66. The van der Waals surface area contributed by atoms with Gasteiger partial charge in [0, 0.05) is 12.1 Å². The Labute approximate surface area is 112 Å². The number of nitrogens with zero attached hydrogens (tertiary/aromatic N) is 2. The predicted octanol–water partition coefficient (Wildman–Crippen LogP) is 3.64. The normalized spacial score (nSPS) is 10.6. The van der Waals surface area contributed by atoms with Crippen LogP contribution in [0.15, 0.2) is 18.2 Å². The number of hydrogen-bond donors (Lipinski definition) is 1. The van der Waals surface area contributed by atoms with Crippen molar-refractivity contribution in [2.24, 2.45) is 0 Å². The van der Waals surface area contributed by atoms with Gasteiger partial charge in [0.05, 0.1) is 5.69 Å². The summed E-state index contributed by atoms with van der Waals surface area (Å²) in [6.07, 6.45) is 0. The summed E-state index contributed by atoms with van der Waals surface area (Å²) in [6, 6.07) is 6.02. The third kappa shape index (κ3) is 2.72. The Balaban J connectivity index is 2.52. The van der Waals surface area contributed by atoms with Gasteiger partial charge < -0.3 is 5.32 Å². The maximum absolute atomic E-state index is 13.8. The second kappa shape index (κ2) is 5.34. The van der Waals surface area contributed by atoms with Gasteiger partial charge >= 0.3 is 0 Å². The highest BCUT2D eigenvalue weighted by Gasteiger charge is 2.12. The van der Waals surface area contributed by atoms with Crippen molar-refractivity contribution in [1.82, 2.24) is 9.97 Å². The molecule has 0 unspecified atom stereocenters. The Bertz CT molecular complexity index is 609. The van der Waals surface area contributed by atoms with Crippen LogP contribution in [0, 0.1) is 26.6 Å². The summed E-state index contributed by atoms with van der Waals surface area (Å²) in [5, 5.41) is 2.93. The van der Waals surface area contributed by atoms with Gasteiger partial charge in [-0.05, 0) is 44.9 Å². The second-order valence-corrected chi connectivity index (χ2v) is 4.62. The summed E-state index contributed by atoms with van der Waals surface area (Å²) >= 11 is 0. The van der Waals surface area contributed by atoms with Crippen LogP contribution in [0.4, 0.5) is 10.2 Å². The molecule has 0 fully saturated rings. The fourth-order valence-electron chi connectivity index (χ4n) is 1.85. The van der Waals surface area contributed by atoms with Gasteiger partial charge in [-0.25, -0.2) is 14.4 Å². The SMILES string of the molecule is CCNc1nc(-c2ccc(C)c(C)c2)nc(C)c1F. The zero-order valence-corrected chi connectivity index (χ0v) is 11.7. The van der Waals surface area contributed by atoms with Crippen LogP contribution in [0.3, 0.4) is 0 Å². The molecule has 2 rings (SSSR count). The van der Waals surface area contributed by atoms with Crippen LogP contribution >= 0.6 is 0 Å². The maximum atomic E-state index is 13.8. The highest BCUT2D eigenvalue weighted by atomic mass is 19.1. The number of anilines is 1. The van der Waals surface area contributed by atoms with Gasteiger partial charge in [0.25, 0.3) is 0 Å². The van der Waals surface area contributed by atoms with Gasteiger partial charge in [0.15, 0.2) is 17.5 Å². The van der Waals surface area contributed by atoms with E-state index >= 15 is 0 Å². The lowest BCUT2D eigenvalue weighted by atomic mass is 10.1. The molecule has 0 aliphatic carbocycles. The van der Waals surface area contributed by atoms with E-state index in [1.807, 2.05) is 32.0 Å². The van der Waals surface area contributed by atoms with Crippen molar-refractivity contribution in [2.45, 2.75) is 27.7 Å². The minimum atomic E-state index is -0.380. The standard InChI is InChI=1S/C15H18FN3/c1-5-17-15-13(16)11(4)18-14(19-15)12-7-6-9(2)10(3)8-12/h6-8H,5H2,1-4H3,(H,17,18,19). The maximum Gasteiger partial charge on any atom is 0.186 e. The number of benzene rings is 1. The molecule has 0 aliphatic rings. The molecule has 0 saturated heterocycles. The lowest BCUT2D eigenvalue weighted by Gasteiger charge is -2.10. The molecule has 1 aromatic heterocycles. The van der Waals surface area contributed by atoms with E-state index < -0.39 is 0 Å². The Hall–Kier alpha value is -1.97. The minimum Gasteiger partial charge on any atom is -0.368 e. The fraction of sp³-hybridized carbons (Fsp3) is 0.333. The van der Waals surface area contributed by atoms with E-state index in [-0.39, 0.29) is 11.6 Å². The van der Waals surface area contributed by atoms with Gasteiger partial charge in [-0.15, -0.1) is 0 Å². The second-order valence-electron chi connectivity index (χ2n) is 4.62. The van der Waals surface area contributed by atoms with E-state index in [0.29, 0.717) is 18.1 Å². The summed E-state index contributed by atoms with van der Waals surface area (Å²) in [7, 11) is 0. The molecule has 0 bridgehead atoms. The number of aryl methyl sites for hydroxylation is 3. The van der Waals surface area contributed by atoms with Gasteiger partial charge in [-0.2, -0.15) is 0 Å². The third-order valence-corrected chi connectivity index (χ3v) is 3.13. The zero-order chi connectivity index (χ0) is 14.0. The van der Waals surface area contributed by atoms with Crippen molar-refractivity contribution in [1.29, 1.82) is 0 Å². The van der Waals surface area contributed by atoms with E-state index in [1.165, 1.54) is 11.1 Å². The minimum absolute atomic E-state index is 0.267. The van der Waals surface area contributed by atoms with Gasteiger partial charge in [0.2, 0.25) is 0 Å². The van der Waals surface area contributed by atoms with Crippen LogP contribution in [0.25, 0.3) is 11.4 Å². The number of nitrogens with one attached hydrogen (secondary N) is 1. The van der Waals surface area contributed by atoms with Gasteiger partial charge in [-0.3, -0.25) is 0 Å². The number of rotatable bonds is 3. The largest absolute Gasteiger partial charge is 0.368 e. The molecule has 0 amide bonds. The Morgan fingerprint density at radius 2 is 1.84 bits per heavy atom. The summed E-state index contributed by atoms with van der Waals surface area (Å²) in [6.45, 7) is 8.29. The molecule has 0 spiro atoms. The Morgan fingerprint density at radius 3 is 2.47 bits per heavy atom. The van der Waals surface area contributed by atoms with Crippen molar-refractivity contribution in [3.05, 3.63) is 40.8 Å². The molecule has 3 nitrogen and oxygen atoms in total. The fourth-order valence-corrected chi connectivity index (χ4v) is 1.85. The van der Waals surface area contributed by atoms with Crippen molar-refractivity contribution < 1.29 is 4.39 Å². The molecule has 1 N–H and O–H groups in total. The highest BCUT2D eigenvalue weighted by Crippen LogP contribution is 2.22. The van der Waals surface area contributed by atoms with Crippen LogP contribution < -0.4 is 5.32 Å². The van der Waals surface area contributed by atoms with Crippen LogP contribution in [-0.4, -0.2) is 16.5 Å². The topological polar surface area (TPSA) is 37.8 Å². The van der Waals surface area contributed by atoms with Crippen molar-refractivity contribution >= 4 is 5.82 Å². The Kier molecular flexibility index (Phi) is 3.79. The molecule has 1 heterocycles. The monoisotopic (exact) mass is 259 g/mol. The van der Waals surface area contributed by atoms with Crippen molar-refractivity contribution in [3.63, 3.8) is 0 Å². The predicted molar refractivity (Wildman–Crippen MR) is 75.8 cm³/mol. The van der Waals surface area contributed by atoms with Crippen molar-refractivity contribution in [2.75, 3.05) is 11.9 Å². The molecular formula is C15H18FN3. The number of halogens is 1. The van der Waals surface area contributed by atoms with Gasteiger partial charge in [0.1, 0.15) is 0 Å². The first-order chi connectivity index (χ1) is 9.02. The van der Waals surface area contributed by atoms with E-state index in [1.54, 1.807) is 6.92 Å².